The zero-order valence-corrected chi connectivity index (χ0v) is 15.2. The SMILES string of the molecule is Cc1cccc(-c2nnc(SCC(=O)Nc3cccc(Br)c3)o2)c1. The molecule has 5 nitrogen and oxygen atoms in total. The summed E-state index contributed by atoms with van der Waals surface area (Å²) in [5, 5.41) is 11.2. The number of anilines is 1. The van der Waals surface area contributed by atoms with E-state index in [0.29, 0.717) is 11.1 Å². The lowest BCUT2D eigenvalue weighted by molar-refractivity contribution is -0.113. The van der Waals surface area contributed by atoms with E-state index in [0.717, 1.165) is 21.3 Å². The minimum Gasteiger partial charge on any atom is -0.411 e. The van der Waals surface area contributed by atoms with Crippen LogP contribution >= 0.6 is 27.7 Å². The minimum absolute atomic E-state index is 0.131. The predicted octanol–water partition coefficient (Wildman–Crippen LogP) is 4.54. The average Bonchev–Trinajstić information content (AvgIpc) is 3.02. The van der Waals surface area contributed by atoms with E-state index in [1.165, 1.54) is 11.8 Å². The second-order valence-electron chi connectivity index (χ2n) is 5.09. The molecule has 1 amide bonds. The van der Waals surface area contributed by atoms with Crippen LogP contribution in [0.15, 0.2) is 62.6 Å². The van der Waals surface area contributed by atoms with Crippen LogP contribution in [0, 0.1) is 6.92 Å². The van der Waals surface area contributed by atoms with E-state index in [2.05, 4.69) is 31.4 Å². The molecule has 1 aromatic heterocycles. The summed E-state index contributed by atoms with van der Waals surface area (Å²) in [6.45, 7) is 2.00. The van der Waals surface area contributed by atoms with Gasteiger partial charge in [-0.1, -0.05) is 51.5 Å². The fourth-order valence-electron chi connectivity index (χ4n) is 2.05. The molecule has 24 heavy (non-hydrogen) atoms. The van der Waals surface area contributed by atoms with E-state index >= 15 is 0 Å². The summed E-state index contributed by atoms with van der Waals surface area (Å²) < 4.78 is 6.51. The third-order valence-electron chi connectivity index (χ3n) is 3.11. The molecule has 122 valence electrons. The largest absolute Gasteiger partial charge is 0.411 e. The first kappa shape index (κ1) is 16.7. The van der Waals surface area contributed by atoms with Gasteiger partial charge in [-0.3, -0.25) is 4.79 Å². The van der Waals surface area contributed by atoms with Crippen LogP contribution in [0.4, 0.5) is 5.69 Å². The third kappa shape index (κ3) is 4.46. The number of nitrogens with zero attached hydrogens (tertiary/aromatic N) is 2. The molecule has 7 heteroatoms. The fraction of sp³-hybridized carbons (Fsp3) is 0.118. The van der Waals surface area contributed by atoms with E-state index < -0.39 is 0 Å². The number of halogens is 1. The van der Waals surface area contributed by atoms with E-state index in [-0.39, 0.29) is 11.7 Å². The molecule has 2 aromatic carbocycles. The number of aromatic nitrogens is 2. The standard InChI is InChI=1S/C17H14BrN3O2S/c1-11-4-2-5-12(8-11)16-20-21-17(23-16)24-10-15(22)19-14-7-3-6-13(18)9-14/h2-9H,10H2,1H3,(H,19,22). The smallest absolute Gasteiger partial charge is 0.277 e. The van der Waals surface area contributed by atoms with Crippen molar-refractivity contribution in [3.63, 3.8) is 0 Å². The van der Waals surface area contributed by atoms with Gasteiger partial charge < -0.3 is 9.73 Å². The second-order valence-corrected chi connectivity index (χ2v) is 6.93. The molecule has 0 unspecified atom stereocenters. The van der Waals surface area contributed by atoms with Gasteiger partial charge in [-0.15, -0.1) is 10.2 Å². The van der Waals surface area contributed by atoms with Gasteiger partial charge in [0, 0.05) is 15.7 Å². The Hall–Kier alpha value is -2.12. The number of benzene rings is 2. The number of aryl methyl sites for hydroxylation is 1. The van der Waals surface area contributed by atoms with Crippen molar-refractivity contribution < 1.29 is 9.21 Å². The molecular weight excluding hydrogens is 390 g/mol. The molecule has 0 atom stereocenters. The summed E-state index contributed by atoms with van der Waals surface area (Å²) in [4.78, 5) is 12.0. The monoisotopic (exact) mass is 403 g/mol. The Bertz CT molecular complexity index is 866. The summed E-state index contributed by atoms with van der Waals surface area (Å²) >= 11 is 4.58. The summed E-state index contributed by atoms with van der Waals surface area (Å²) in [6, 6.07) is 15.3. The molecule has 0 saturated heterocycles. The molecule has 1 heterocycles. The number of hydrogen-bond donors (Lipinski definition) is 1. The van der Waals surface area contributed by atoms with Gasteiger partial charge >= 0.3 is 0 Å². The Morgan fingerprint density at radius 2 is 2.04 bits per heavy atom. The highest BCUT2D eigenvalue weighted by atomic mass is 79.9. The number of nitrogens with one attached hydrogen (secondary N) is 1. The first-order valence-corrected chi connectivity index (χ1v) is 8.97. The topological polar surface area (TPSA) is 68.0 Å². The van der Waals surface area contributed by atoms with Crippen LogP contribution in [0.2, 0.25) is 0 Å². The van der Waals surface area contributed by atoms with Crippen LogP contribution in [-0.2, 0) is 4.79 Å². The van der Waals surface area contributed by atoms with Gasteiger partial charge in [-0.25, -0.2) is 0 Å². The number of carbonyl (C=O) groups excluding carboxylic acids is 1. The molecule has 3 rings (SSSR count). The van der Waals surface area contributed by atoms with Crippen molar-refractivity contribution in [3.8, 4) is 11.5 Å². The summed E-state index contributed by atoms with van der Waals surface area (Å²) in [7, 11) is 0. The first-order valence-electron chi connectivity index (χ1n) is 7.19. The predicted molar refractivity (Wildman–Crippen MR) is 98.0 cm³/mol. The summed E-state index contributed by atoms with van der Waals surface area (Å²) in [5.74, 6) is 0.518. The van der Waals surface area contributed by atoms with Crippen LogP contribution in [0.1, 0.15) is 5.56 Å². The molecule has 3 aromatic rings. The van der Waals surface area contributed by atoms with Crippen LogP contribution in [-0.4, -0.2) is 21.9 Å². The maximum Gasteiger partial charge on any atom is 0.277 e. The molecule has 0 aliphatic heterocycles. The first-order chi connectivity index (χ1) is 11.6. The molecule has 0 fully saturated rings. The van der Waals surface area contributed by atoms with Gasteiger partial charge in [-0.2, -0.15) is 0 Å². The van der Waals surface area contributed by atoms with Gasteiger partial charge in [0.25, 0.3) is 5.22 Å². The lowest BCUT2D eigenvalue weighted by atomic mass is 10.1. The number of rotatable bonds is 5. The lowest BCUT2D eigenvalue weighted by Gasteiger charge is -2.04. The maximum absolute atomic E-state index is 12.0. The van der Waals surface area contributed by atoms with Crippen LogP contribution in [0.25, 0.3) is 11.5 Å². The van der Waals surface area contributed by atoms with Crippen molar-refractivity contribution in [1.29, 1.82) is 0 Å². The van der Waals surface area contributed by atoms with Crippen molar-refractivity contribution in [1.82, 2.24) is 10.2 Å². The van der Waals surface area contributed by atoms with E-state index in [1.807, 2.05) is 55.5 Å². The van der Waals surface area contributed by atoms with Gasteiger partial charge in [0.05, 0.1) is 5.75 Å². The second kappa shape index (κ2) is 7.63. The normalized spacial score (nSPS) is 10.6. The van der Waals surface area contributed by atoms with Gasteiger partial charge in [0.15, 0.2) is 0 Å². The lowest BCUT2D eigenvalue weighted by Crippen LogP contribution is -2.13. The minimum atomic E-state index is -0.131. The van der Waals surface area contributed by atoms with Gasteiger partial charge in [0.2, 0.25) is 11.8 Å². The summed E-state index contributed by atoms with van der Waals surface area (Å²) in [6.07, 6.45) is 0. The van der Waals surface area contributed by atoms with E-state index in [4.69, 9.17) is 4.42 Å². The molecule has 0 saturated carbocycles. The molecular formula is C17H14BrN3O2S. The molecule has 0 radical (unpaired) electrons. The molecule has 0 aliphatic rings. The van der Waals surface area contributed by atoms with Crippen molar-refractivity contribution in [3.05, 3.63) is 58.6 Å². The number of hydrogen-bond acceptors (Lipinski definition) is 5. The number of thioether (sulfide) groups is 1. The van der Waals surface area contributed by atoms with Crippen LogP contribution in [0.5, 0.6) is 0 Å². The Morgan fingerprint density at radius 1 is 1.21 bits per heavy atom. The zero-order chi connectivity index (χ0) is 16.9. The number of carbonyl (C=O) groups is 1. The Kier molecular flexibility index (Phi) is 5.32. The third-order valence-corrected chi connectivity index (χ3v) is 4.42. The average molecular weight is 404 g/mol. The van der Waals surface area contributed by atoms with Gasteiger partial charge in [0.1, 0.15) is 0 Å². The molecule has 1 N–H and O–H groups in total. The molecule has 0 aliphatic carbocycles. The highest BCUT2D eigenvalue weighted by Gasteiger charge is 2.11. The quantitative estimate of drug-likeness (QED) is 0.633. The van der Waals surface area contributed by atoms with Gasteiger partial charge in [-0.05, 0) is 37.3 Å². The Labute approximate surface area is 152 Å². The Morgan fingerprint density at radius 3 is 2.83 bits per heavy atom. The van der Waals surface area contributed by atoms with E-state index in [9.17, 15) is 4.79 Å². The zero-order valence-electron chi connectivity index (χ0n) is 12.8. The summed E-state index contributed by atoms with van der Waals surface area (Å²) in [5.41, 5.74) is 2.72. The van der Waals surface area contributed by atoms with E-state index in [1.54, 1.807) is 0 Å². The van der Waals surface area contributed by atoms with Crippen molar-refractivity contribution in [2.24, 2.45) is 0 Å². The van der Waals surface area contributed by atoms with Crippen molar-refractivity contribution in [2.45, 2.75) is 12.1 Å². The van der Waals surface area contributed by atoms with Crippen molar-refractivity contribution in [2.75, 3.05) is 11.1 Å². The Balaban J connectivity index is 1.58. The molecule has 0 bridgehead atoms. The van der Waals surface area contributed by atoms with Crippen LogP contribution < -0.4 is 5.32 Å². The molecule has 0 spiro atoms. The van der Waals surface area contributed by atoms with Crippen LogP contribution in [0.3, 0.4) is 0 Å². The maximum atomic E-state index is 12.0. The van der Waals surface area contributed by atoms with Crippen molar-refractivity contribution >= 4 is 39.3 Å². The number of amides is 1. The highest BCUT2D eigenvalue weighted by molar-refractivity contribution is 9.10. The fourth-order valence-corrected chi connectivity index (χ4v) is 3.02. The highest BCUT2D eigenvalue weighted by Crippen LogP contribution is 2.24.